The van der Waals surface area contributed by atoms with E-state index in [2.05, 4.69) is 9.47 Å². The molecule has 1 fully saturated rings. The highest BCUT2D eigenvalue weighted by Gasteiger charge is 2.42. The highest BCUT2D eigenvalue weighted by molar-refractivity contribution is 5.36. The van der Waals surface area contributed by atoms with Crippen molar-refractivity contribution in [1.82, 2.24) is 0 Å². The molecule has 3 nitrogen and oxygen atoms in total. The van der Waals surface area contributed by atoms with Crippen LogP contribution in [0.4, 0.5) is 35.1 Å². The Morgan fingerprint density at radius 2 is 1.44 bits per heavy atom. The van der Waals surface area contributed by atoms with Gasteiger partial charge in [0.15, 0.2) is 17.4 Å². The Labute approximate surface area is 190 Å². The number of alkyl halides is 4. The van der Waals surface area contributed by atoms with Gasteiger partial charge in [-0.05, 0) is 62.1 Å². The number of ether oxygens (including phenoxy) is 3. The van der Waals surface area contributed by atoms with E-state index in [1.807, 2.05) is 6.92 Å². The quantitative estimate of drug-likeness (QED) is 0.340. The van der Waals surface area contributed by atoms with Crippen LogP contribution in [0, 0.1) is 29.2 Å². The highest BCUT2D eigenvalue weighted by atomic mass is 19.3. The van der Waals surface area contributed by atoms with E-state index in [9.17, 15) is 35.1 Å². The molecule has 0 N–H and O–H groups in total. The molecule has 0 heterocycles. The Morgan fingerprint density at radius 3 is 1.94 bits per heavy atom. The Bertz CT molecular complexity index is 944. The van der Waals surface area contributed by atoms with Gasteiger partial charge in [-0.2, -0.15) is 17.6 Å². The number of benzene rings is 2. The molecule has 2 aromatic carbocycles. The molecule has 0 atom stereocenters. The summed E-state index contributed by atoms with van der Waals surface area (Å²) in [6.45, 7) is -0.521. The van der Waals surface area contributed by atoms with Crippen molar-refractivity contribution in [3.63, 3.8) is 0 Å². The van der Waals surface area contributed by atoms with E-state index in [4.69, 9.17) is 4.74 Å². The molecule has 0 aliphatic heterocycles. The minimum Gasteiger partial charge on any atom is -0.429 e. The molecule has 188 valence electrons. The first-order valence-electron chi connectivity index (χ1n) is 10.6. The van der Waals surface area contributed by atoms with Crippen molar-refractivity contribution in [3.05, 3.63) is 58.7 Å². The van der Waals surface area contributed by atoms with Gasteiger partial charge < -0.3 is 14.2 Å². The fourth-order valence-corrected chi connectivity index (χ4v) is 4.05. The second-order valence-corrected chi connectivity index (χ2v) is 7.95. The largest absolute Gasteiger partial charge is 0.432 e. The third-order valence-electron chi connectivity index (χ3n) is 5.66. The third kappa shape index (κ3) is 6.11. The van der Waals surface area contributed by atoms with Crippen molar-refractivity contribution in [2.45, 2.75) is 51.2 Å². The number of rotatable bonds is 9. The van der Waals surface area contributed by atoms with Crippen molar-refractivity contribution in [2.75, 3.05) is 13.2 Å². The van der Waals surface area contributed by atoms with Gasteiger partial charge in [-0.15, -0.1) is 0 Å². The molecule has 1 aliphatic rings. The monoisotopic (exact) mass is 498 g/mol. The van der Waals surface area contributed by atoms with Gasteiger partial charge in [0.1, 0.15) is 22.9 Å². The molecule has 34 heavy (non-hydrogen) atoms. The molecule has 0 saturated heterocycles. The fourth-order valence-electron chi connectivity index (χ4n) is 4.05. The zero-order valence-corrected chi connectivity index (χ0v) is 18.0. The summed E-state index contributed by atoms with van der Waals surface area (Å²) in [7, 11) is 0. The molecular formula is C23H22F8O3. The van der Waals surface area contributed by atoms with Crippen molar-refractivity contribution < 1.29 is 49.3 Å². The predicted octanol–water partition coefficient (Wildman–Crippen LogP) is 7.28. The molecule has 1 saturated carbocycles. The normalized spacial score (nSPS) is 18.9. The highest BCUT2D eigenvalue weighted by Crippen LogP contribution is 2.41. The molecule has 0 spiro atoms. The molecule has 0 unspecified atom stereocenters. The first-order valence-corrected chi connectivity index (χ1v) is 10.6. The van der Waals surface area contributed by atoms with E-state index in [1.165, 1.54) is 0 Å². The minimum absolute atomic E-state index is 0.138. The van der Waals surface area contributed by atoms with E-state index in [0.29, 0.717) is 32.0 Å². The Balaban J connectivity index is 1.78. The standard InChI is InChI=1S/C23H22F8O3/c1-2-32-11-12-3-5-13(6-4-12)14-7-16(24)20(17(25)8-14)23(30,31)34-15-9-18(26)21(19(27)10-15)33-22(28)29/h7-10,12-13,22H,2-6,11H2,1H3. The van der Waals surface area contributed by atoms with Crippen LogP contribution in [0.25, 0.3) is 0 Å². The number of hydrogen-bond acceptors (Lipinski definition) is 3. The summed E-state index contributed by atoms with van der Waals surface area (Å²) in [4.78, 5) is 0. The van der Waals surface area contributed by atoms with Crippen LogP contribution in [0.3, 0.4) is 0 Å². The van der Waals surface area contributed by atoms with E-state index in [0.717, 1.165) is 25.0 Å². The third-order valence-corrected chi connectivity index (χ3v) is 5.66. The first kappa shape index (κ1) is 26.1. The first-order chi connectivity index (χ1) is 16.0. The molecule has 1 aliphatic carbocycles. The van der Waals surface area contributed by atoms with Crippen LogP contribution in [0.5, 0.6) is 11.5 Å². The molecule has 3 rings (SSSR count). The lowest BCUT2D eigenvalue weighted by Crippen LogP contribution is -2.26. The number of halogens is 8. The van der Waals surface area contributed by atoms with Crippen LogP contribution in [-0.4, -0.2) is 19.8 Å². The maximum Gasteiger partial charge on any atom is 0.432 e. The van der Waals surface area contributed by atoms with E-state index in [-0.39, 0.29) is 23.6 Å². The van der Waals surface area contributed by atoms with Gasteiger partial charge in [0.25, 0.3) is 0 Å². The van der Waals surface area contributed by atoms with Gasteiger partial charge in [-0.25, -0.2) is 17.6 Å². The topological polar surface area (TPSA) is 27.7 Å². The average molecular weight is 498 g/mol. The lowest BCUT2D eigenvalue weighted by atomic mass is 9.79. The maximum atomic E-state index is 14.6. The zero-order chi connectivity index (χ0) is 25.0. The van der Waals surface area contributed by atoms with Crippen LogP contribution < -0.4 is 9.47 Å². The minimum atomic E-state index is -4.66. The van der Waals surface area contributed by atoms with Crippen molar-refractivity contribution >= 4 is 0 Å². The SMILES string of the molecule is CCOCC1CCC(c2cc(F)c(C(F)(F)Oc3cc(F)c(OC(F)F)c(F)c3)c(F)c2)CC1. The smallest absolute Gasteiger partial charge is 0.429 e. The molecule has 0 bridgehead atoms. The molecular weight excluding hydrogens is 476 g/mol. The Morgan fingerprint density at radius 1 is 0.882 bits per heavy atom. The molecule has 0 radical (unpaired) electrons. The summed E-state index contributed by atoms with van der Waals surface area (Å²) < 4.78 is 123. The molecule has 2 aromatic rings. The maximum absolute atomic E-state index is 14.6. The van der Waals surface area contributed by atoms with Crippen molar-refractivity contribution in [1.29, 1.82) is 0 Å². The summed E-state index contributed by atoms with van der Waals surface area (Å²) in [6.07, 6.45) is -1.93. The van der Waals surface area contributed by atoms with Crippen LogP contribution in [0.2, 0.25) is 0 Å². The van der Waals surface area contributed by atoms with Gasteiger partial charge in [0.05, 0.1) is 0 Å². The number of hydrogen-bond donors (Lipinski definition) is 0. The van der Waals surface area contributed by atoms with Gasteiger partial charge in [-0.1, -0.05) is 0 Å². The van der Waals surface area contributed by atoms with Gasteiger partial charge >= 0.3 is 12.7 Å². The van der Waals surface area contributed by atoms with Crippen LogP contribution in [-0.2, 0) is 10.8 Å². The van der Waals surface area contributed by atoms with E-state index < -0.39 is 53.1 Å². The Hall–Kier alpha value is -2.56. The lowest BCUT2D eigenvalue weighted by molar-refractivity contribution is -0.189. The van der Waals surface area contributed by atoms with E-state index >= 15 is 0 Å². The van der Waals surface area contributed by atoms with Gasteiger partial charge in [0, 0.05) is 25.3 Å². The summed E-state index contributed by atoms with van der Waals surface area (Å²) >= 11 is 0. The summed E-state index contributed by atoms with van der Waals surface area (Å²) in [6, 6.07) is 1.87. The summed E-state index contributed by atoms with van der Waals surface area (Å²) in [5.41, 5.74) is -1.52. The summed E-state index contributed by atoms with van der Waals surface area (Å²) in [5, 5.41) is 0. The molecule has 0 aromatic heterocycles. The zero-order valence-electron chi connectivity index (χ0n) is 18.0. The second kappa shape index (κ2) is 10.8. The molecule has 0 amide bonds. The average Bonchev–Trinajstić information content (AvgIpc) is 2.74. The van der Waals surface area contributed by atoms with Crippen LogP contribution >= 0.6 is 0 Å². The van der Waals surface area contributed by atoms with Crippen LogP contribution in [0.1, 0.15) is 49.7 Å². The molecule has 11 heteroatoms. The van der Waals surface area contributed by atoms with Gasteiger partial charge in [-0.3, -0.25) is 0 Å². The van der Waals surface area contributed by atoms with E-state index in [1.54, 1.807) is 0 Å². The fraction of sp³-hybridized carbons (Fsp3) is 0.478. The van der Waals surface area contributed by atoms with Crippen molar-refractivity contribution in [3.8, 4) is 11.5 Å². The summed E-state index contributed by atoms with van der Waals surface area (Å²) in [5.74, 6) is -9.30. The van der Waals surface area contributed by atoms with Crippen LogP contribution in [0.15, 0.2) is 24.3 Å². The Kier molecular flexibility index (Phi) is 8.27. The van der Waals surface area contributed by atoms with Crippen molar-refractivity contribution in [2.24, 2.45) is 5.92 Å². The lowest BCUT2D eigenvalue weighted by Gasteiger charge is -2.29. The predicted molar refractivity (Wildman–Crippen MR) is 105 cm³/mol. The van der Waals surface area contributed by atoms with Gasteiger partial charge in [0.2, 0.25) is 0 Å². The second-order valence-electron chi connectivity index (χ2n) is 7.95.